The molecule has 0 spiro atoms. The van der Waals surface area contributed by atoms with E-state index in [1.54, 1.807) is 40.2 Å². The monoisotopic (exact) mass is 529 g/mol. The van der Waals surface area contributed by atoms with Crippen LogP contribution in [0.15, 0.2) is 34.2 Å². The normalized spacial score (nSPS) is 11.9. The molecule has 0 unspecified atom stereocenters. The van der Waals surface area contributed by atoms with Crippen molar-refractivity contribution in [2.24, 2.45) is 5.92 Å². The van der Waals surface area contributed by atoms with Crippen molar-refractivity contribution >= 4 is 38.3 Å². The number of nitriles is 1. The quantitative estimate of drug-likeness (QED) is 0.250. The summed E-state index contributed by atoms with van der Waals surface area (Å²) in [5.41, 5.74) is 2.86. The fraction of sp³-hybridized carbons (Fsp3) is 0.333. The van der Waals surface area contributed by atoms with Crippen LogP contribution in [0.2, 0.25) is 0 Å². The third-order valence-electron chi connectivity index (χ3n) is 5.21. The van der Waals surface area contributed by atoms with Crippen LogP contribution in [0.3, 0.4) is 0 Å². The number of carbonyl (C=O) groups is 1. The predicted octanol–water partition coefficient (Wildman–Crippen LogP) is 3.94. The molecule has 2 aromatic heterocycles. The number of sulfone groups is 1. The summed E-state index contributed by atoms with van der Waals surface area (Å²) in [4.78, 5) is 12.8. The third kappa shape index (κ3) is 5.75. The molecule has 2 heterocycles. The summed E-state index contributed by atoms with van der Waals surface area (Å²) in [6, 6.07) is 9.18. The highest BCUT2D eigenvalue weighted by Crippen LogP contribution is 2.32. The van der Waals surface area contributed by atoms with Gasteiger partial charge in [0.25, 0.3) is 5.91 Å². The first-order valence-corrected chi connectivity index (χ1v) is 13.4. The van der Waals surface area contributed by atoms with Crippen LogP contribution in [0, 0.1) is 31.1 Å². The summed E-state index contributed by atoms with van der Waals surface area (Å²) < 4.78 is 37.3. The van der Waals surface area contributed by atoms with Gasteiger partial charge in [0.2, 0.25) is 19.3 Å². The molecule has 1 aromatic carbocycles. The highest BCUT2D eigenvalue weighted by molar-refractivity contribution is 7.93. The Kier molecular flexibility index (Phi) is 8.17. The fourth-order valence-electron chi connectivity index (χ4n) is 3.64. The number of rotatable bonds is 9. The van der Waals surface area contributed by atoms with Gasteiger partial charge in [-0.05, 0) is 49.6 Å². The van der Waals surface area contributed by atoms with E-state index >= 15 is 0 Å². The van der Waals surface area contributed by atoms with E-state index in [9.17, 15) is 18.5 Å². The summed E-state index contributed by atoms with van der Waals surface area (Å²) in [6.07, 6.45) is 1.47. The van der Waals surface area contributed by atoms with Gasteiger partial charge in [-0.1, -0.05) is 25.2 Å². The Morgan fingerprint density at radius 1 is 1.22 bits per heavy atom. The second kappa shape index (κ2) is 10.9. The Bertz CT molecular complexity index is 1460. The second-order valence-corrected chi connectivity index (χ2v) is 11.6. The zero-order chi connectivity index (χ0) is 26.6. The molecule has 1 N–H and O–H groups in total. The number of nitrogens with one attached hydrogen (secondary N) is 1. The van der Waals surface area contributed by atoms with E-state index in [1.165, 1.54) is 6.08 Å². The van der Waals surface area contributed by atoms with Gasteiger partial charge < -0.3 is 14.0 Å². The van der Waals surface area contributed by atoms with E-state index in [4.69, 9.17) is 9.47 Å². The van der Waals surface area contributed by atoms with Crippen LogP contribution < -0.4 is 14.8 Å². The molecule has 10 nitrogen and oxygen atoms in total. The largest absolute Gasteiger partial charge is 0.497 e. The Balaban J connectivity index is 1.91. The first-order chi connectivity index (χ1) is 17.0. The summed E-state index contributed by atoms with van der Waals surface area (Å²) in [7, 11) is -0.450. The van der Waals surface area contributed by atoms with Crippen molar-refractivity contribution in [2.45, 2.75) is 32.0 Å². The predicted molar refractivity (Wildman–Crippen MR) is 137 cm³/mol. The number of amides is 1. The molecule has 0 aliphatic rings. The zero-order valence-corrected chi connectivity index (χ0v) is 22.5. The van der Waals surface area contributed by atoms with Gasteiger partial charge in [0.1, 0.15) is 23.1 Å². The highest BCUT2D eigenvalue weighted by Gasteiger charge is 2.23. The van der Waals surface area contributed by atoms with Crippen LogP contribution in [0.1, 0.15) is 30.8 Å². The summed E-state index contributed by atoms with van der Waals surface area (Å²) in [5, 5.41) is 19.6. The van der Waals surface area contributed by atoms with E-state index in [1.807, 2.05) is 36.6 Å². The molecule has 0 atom stereocenters. The third-order valence-corrected chi connectivity index (χ3v) is 8.57. The van der Waals surface area contributed by atoms with E-state index in [2.05, 4.69) is 15.5 Å². The smallest absolute Gasteiger partial charge is 0.268 e. The van der Waals surface area contributed by atoms with Crippen LogP contribution in [-0.2, 0) is 14.6 Å². The van der Waals surface area contributed by atoms with Gasteiger partial charge in [0.05, 0.1) is 25.7 Å². The lowest BCUT2D eigenvalue weighted by Crippen LogP contribution is -2.13. The van der Waals surface area contributed by atoms with Crippen LogP contribution >= 0.6 is 11.3 Å². The number of benzene rings is 1. The Hall–Kier alpha value is -3.69. The average Bonchev–Trinajstić information content (AvgIpc) is 3.40. The molecule has 3 rings (SSSR count). The van der Waals surface area contributed by atoms with Gasteiger partial charge >= 0.3 is 0 Å². The van der Waals surface area contributed by atoms with Crippen molar-refractivity contribution in [3.63, 3.8) is 0 Å². The van der Waals surface area contributed by atoms with E-state index in [0.717, 1.165) is 28.4 Å². The molecular weight excluding hydrogens is 502 g/mol. The van der Waals surface area contributed by atoms with Crippen molar-refractivity contribution in [3.05, 3.63) is 46.8 Å². The number of methoxy groups -OCH3 is 2. The van der Waals surface area contributed by atoms with Gasteiger partial charge in [-0.25, -0.2) is 8.42 Å². The molecule has 0 aliphatic carbocycles. The summed E-state index contributed by atoms with van der Waals surface area (Å²) >= 11 is 0.750. The Labute approximate surface area is 214 Å². The molecule has 12 heteroatoms. The van der Waals surface area contributed by atoms with E-state index in [0.29, 0.717) is 17.1 Å². The molecule has 0 bridgehead atoms. The van der Waals surface area contributed by atoms with Gasteiger partial charge in [-0.2, -0.15) is 5.26 Å². The van der Waals surface area contributed by atoms with E-state index < -0.39 is 15.7 Å². The Morgan fingerprint density at radius 2 is 1.94 bits per heavy atom. The number of nitrogens with zero attached hydrogens (tertiary/aromatic N) is 4. The number of aromatic nitrogens is 3. The average molecular weight is 530 g/mol. The second-order valence-electron chi connectivity index (χ2n) is 8.37. The lowest BCUT2D eigenvalue weighted by atomic mass is 10.1. The molecule has 3 aromatic rings. The maximum Gasteiger partial charge on any atom is 0.268 e. The minimum atomic E-state index is -3.60. The molecule has 0 saturated carbocycles. The number of hydrogen-bond donors (Lipinski definition) is 1. The molecule has 0 fully saturated rings. The van der Waals surface area contributed by atoms with Crippen LogP contribution in [0.5, 0.6) is 11.5 Å². The summed E-state index contributed by atoms with van der Waals surface area (Å²) in [6.45, 7) is 7.33. The lowest BCUT2D eigenvalue weighted by Gasteiger charge is -2.15. The maximum absolute atomic E-state index is 12.8. The van der Waals surface area contributed by atoms with Crippen molar-refractivity contribution in [2.75, 3.05) is 25.3 Å². The maximum atomic E-state index is 12.8. The molecule has 0 radical (unpaired) electrons. The number of carbonyl (C=O) groups excluding carboxylic acids is 1. The van der Waals surface area contributed by atoms with Gasteiger partial charge in [-0.3, -0.25) is 10.1 Å². The first-order valence-electron chi connectivity index (χ1n) is 10.9. The first kappa shape index (κ1) is 26.9. The minimum Gasteiger partial charge on any atom is -0.497 e. The molecule has 0 saturated heterocycles. The molecule has 0 aliphatic heterocycles. The van der Waals surface area contributed by atoms with Crippen LogP contribution in [0.4, 0.5) is 5.13 Å². The standard InChI is InChI=1S/C24H27N5O5S2/c1-14(2)13-36(31,32)24-28-27-23(35-24)26-22(30)18(12-25)10-17-9-15(3)29(16(17)4)20-11-19(33-5)7-8-21(20)34-6/h7-11,14H,13H2,1-6H3,(H,26,27,30)/b18-10-. The SMILES string of the molecule is COc1ccc(OC)c(-n2c(C)cc(/C=C(/C#N)C(=O)Nc3nnc(S(=O)(=O)CC(C)C)s3)c2C)c1. The Morgan fingerprint density at radius 3 is 2.56 bits per heavy atom. The minimum absolute atomic E-state index is 0.00456. The van der Waals surface area contributed by atoms with Crippen molar-refractivity contribution in [1.29, 1.82) is 5.26 Å². The van der Waals surface area contributed by atoms with Crippen LogP contribution in [-0.4, -0.2) is 49.1 Å². The van der Waals surface area contributed by atoms with Crippen molar-refractivity contribution < 1.29 is 22.7 Å². The summed E-state index contributed by atoms with van der Waals surface area (Å²) in [5.74, 6) is 0.406. The van der Waals surface area contributed by atoms with Crippen molar-refractivity contribution in [3.8, 4) is 23.3 Å². The molecular formula is C24H27N5O5S2. The van der Waals surface area contributed by atoms with Gasteiger partial charge in [-0.15, -0.1) is 10.2 Å². The number of ether oxygens (including phenoxy) is 2. The van der Waals surface area contributed by atoms with Gasteiger partial charge in [0.15, 0.2) is 0 Å². The zero-order valence-electron chi connectivity index (χ0n) is 20.8. The molecule has 1 amide bonds. The number of anilines is 1. The number of hydrogen-bond acceptors (Lipinski definition) is 9. The topological polar surface area (TPSA) is 136 Å². The fourth-order valence-corrected chi connectivity index (χ4v) is 6.25. The lowest BCUT2D eigenvalue weighted by molar-refractivity contribution is -0.112. The number of aryl methyl sites for hydroxylation is 1. The van der Waals surface area contributed by atoms with Crippen molar-refractivity contribution in [1.82, 2.24) is 14.8 Å². The molecule has 36 heavy (non-hydrogen) atoms. The molecule has 190 valence electrons. The van der Waals surface area contributed by atoms with E-state index in [-0.39, 0.29) is 26.7 Å². The highest BCUT2D eigenvalue weighted by atomic mass is 32.2. The van der Waals surface area contributed by atoms with Gasteiger partial charge in [0, 0.05) is 17.5 Å². The van der Waals surface area contributed by atoms with Crippen LogP contribution in [0.25, 0.3) is 11.8 Å².